The maximum absolute atomic E-state index is 11.8. The smallest absolute Gasteiger partial charge is 0.271 e. The maximum atomic E-state index is 11.8. The molecule has 2 N–H and O–H groups in total. The lowest BCUT2D eigenvalue weighted by molar-refractivity contribution is 0.0788. The summed E-state index contributed by atoms with van der Waals surface area (Å²) in [5, 5.41) is 4.11. The molecule has 0 fully saturated rings. The molecule has 78 valence electrons. The highest BCUT2D eigenvalue weighted by Crippen LogP contribution is 2.04. The van der Waals surface area contributed by atoms with Crippen LogP contribution < -0.4 is 5.73 Å². The molecule has 0 saturated carbocycles. The van der Waals surface area contributed by atoms with Gasteiger partial charge in [0, 0.05) is 27.2 Å². The fourth-order valence-electron chi connectivity index (χ4n) is 1.30. The molecule has 0 aliphatic carbocycles. The molecular formula is C9H16N4O. The molecule has 1 aromatic rings. The normalized spacial score (nSPS) is 10.3. The van der Waals surface area contributed by atoms with E-state index in [1.807, 2.05) is 6.92 Å². The molecule has 14 heavy (non-hydrogen) atoms. The number of amides is 1. The first-order valence-electron chi connectivity index (χ1n) is 4.52. The van der Waals surface area contributed by atoms with Gasteiger partial charge in [-0.15, -0.1) is 0 Å². The standard InChI is InChI=1S/C9H16N4O/c1-7-6-8(13(3)11-7)9(14)12(2)5-4-10/h6H,4-5,10H2,1-3H3. The molecule has 5 heteroatoms. The number of aryl methyl sites for hydroxylation is 2. The third-order valence-corrected chi connectivity index (χ3v) is 2.03. The number of hydrogen-bond acceptors (Lipinski definition) is 3. The van der Waals surface area contributed by atoms with Crippen LogP contribution in [-0.2, 0) is 7.05 Å². The zero-order valence-corrected chi connectivity index (χ0v) is 8.82. The Morgan fingerprint density at radius 2 is 2.36 bits per heavy atom. The van der Waals surface area contributed by atoms with Crippen molar-refractivity contribution in [3.63, 3.8) is 0 Å². The summed E-state index contributed by atoms with van der Waals surface area (Å²) in [4.78, 5) is 13.4. The van der Waals surface area contributed by atoms with Crippen LogP contribution in [0.15, 0.2) is 6.07 Å². The van der Waals surface area contributed by atoms with Crippen LogP contribution in [0.5, 0.6) is 0 Å². The first kappa shape index (κ1) is 10.7. The van der Waals surface area contributed by atoms with Gasteiger partial charge in [0.1, 0.15) is 5.69 Å². The van der Waals surface area contributed by atoms with Gasteiger partial charge in [0.25, 0.3) is 5.91 Å². The molecule has 0 radical (unpaired) electrons. The summed E-state index contributed by atoms with van der Waals surface area (Å²) in [6, 6.07) is 1.77. The molecule has 5 nitrogen and oxygen atoms in total. The number of hydrogen-bond donors (Lipinski definition) is 1. The zero-order valence-electron chi connectivity index (χ0n) is 8.82. The van der Waals surface area contributed by atoms with E-state index >= 15 is 0 Å². The molecular weight excluding hydrogens is 180 g/mol. The first-order chi connectivity index (χ1) is 6.56. The van der Waals surface area contributed by atoms with Crippen molar-refractivity contribution < 1.29 is 4.79 Å². The predicted octanol–water partition coefficient (Wildman–Crippen LogP) is -0.241. The summed E-state index contributed by atoms with van der Waals surface area (Å²) < 4.78 is 1.59. The third kappa shape index (κ3) is 2.11. The molecule has 0 unspecified atom stereocenters. The van der Waals surface area contributed by atoms with E-state index in [9.17, 15) is 4.79 Å². The number of nitrogens with zero attached hydrogens (tertiary/aromatic N) is 3. The number of carbonyl (C=O) groups is 1. The summed E-state index contributed by atoms with van der Waals surface area (Å²) in [5.41, 5.74) is 6.81. The van der Waals surface area contributed by atoms with Crippen LogP contribution in [0.4, 0.5) is 0 Å². The zero-order chi connectivity index (χ0) is 10.7. The van der Waals surface area contributed by atoms with Gasteiger partial charge in [-0.2, -0.15) is 5.10 Å². The van der Waals surface area contributed by atoms with Crippen molar-refractivity contribution in [3.8, 4) is 0 Å². The van der Waals surface area contributed by atoms with Gasteiger partial charge in [-0.3, -0.25) is 9.48 Å². The molecule has 0 aliphatic rings. The van der Waals surface area contributed by atoms with E-state index in [1.165, 1.54) is 0 Å². The molecule has 0 atom stereocenters. The van der Waals surface area contributed by atoms with Crippen molar-refractivity contribution in [2.45, 2.75) is 6.92 Å². The Morgan fingerprint density at radius 1 is 1.71 bits per heavy atom. The van der Waals surface area contributed by atoms with E-state index in [2.05, 4.69) is 5.10 Å². The fourth-order valence-corrected chi connectivity index (χ4v) is 1.30. The lowest BCUT2D eigenvalue weighted by atomic mass is 10.3. The Labute approximate surface area is 83.5 Å². The topological polar surface area (TPSA) is 64.2 Å². The Kier molecular flexibility index (Phi) is 3.24. The molecule has 1 amide bonds. The summed E-state index contributed by atoms with van der Waals surface area (Å²) in [6.07, 6.45) is 0. The fraction of sp³-hybridized carbons (Fsp3) is 0.556. The highest BCUT2D eigenvalue weighted by molar-refractivity contribution is 5.92. The van der Waals surface area contributed by atoms with Crippen molar-refractivity contribution in [2.24, 2.45) is 12.8 Å². The number of aromatic nitrogens is 2. The third-order valence-electron chi connectivity index (χ3n) is 2.03. The van der Waals surface area contributed by atoms with Gasteiger partial charge in [0.15, 0.2) is 0 Å². The van der Waals surface area contributed by atoms with Gasteiger partial charge < -0.3 is 10.6 Å². The minimum absolute atomic E-state index is 0.0430. The van der Waals surface area contributed by atoms with Crippen molar-refractivity contribution in [3.05, 3.63) is 17.5 Å². The molecule has 0 aromatic carbocycles. The van der Waals surface area contributed by atoms with Crippen molar-refractivity contribution >= 4 is 5.91 Å². The second-order valence-corrected chi connectivity index (χ2v) is 3.31. The van der Waals surface area contributed by atoms with E-state index in [4.69, 9.17) is 5.73 Å². The van der Waals surface area contributed by atoms with E-state index in [-0.39, 0.29) is 5.91 Å². The lowest BCUT2D eigenvalue weighted by Crippen LogP contribution is -2.32. The first-order valence-corrected chi connectivity index (χ1v) is 4.52. The average Bonchev–Trinajstić information content (AvgIpc) is 2.44. The van der Waals surface area contributed by atoms with Crippen LogP contribution in [0.1, 0.15) is 16.2 Å². The number of likely N-dealkylation sites (N-methyl/N-ethyl adjacent to an activating group) is 1. The SMILES string of the molecule is Cc1cc(C(=O)N(C)CCN)n(C)n1. The average molecular weight is 196 g/mol. The van der Waals surface area contributed by atoms with Gasteiger partial charge in [-0.25, -0.2) is 0 Å². The van der Waals surface area contributed by atoms with Crippen LogP contribution in [0.25, 0.3) is 0 Å². The van der Waals surface area contributed by atoms with Gasteiger partial charge in [0.05, 0.1) is 5.69 Å². The second kappa shape index (κ2) is 4.23. The summed E-state index contributed by atoms with van der Waals surface area (Å²) in [5.74, 6) is -0.0430. The molecule has 0 spiro atoms. The summed E-state index contributed by atoms with van der Waals surface area (Å²) >= 11 is 0. The van der Waals surface area contributed by atoms with Gasteiger partial charge >= 0.3 is 0 Å². The highest BCUT2D eigenvalue weighted by Gasteiger charge is 2.15. The van der Waals surface area contributed by atoms with E-state index < -0.39 is 0 Å². The van der Waals surface area contributed by atoms with E-state index in [0.29, 0.717) is 18.8 Å². The van der Waals surface area contributed by atoms with Crippen LogP contribution in [0.2, 0.25) is 0 Å². The number of rotatable bonds is 3. The molecule has 0 bridgehead atoms. The molecule has 1 heterocycles. The monoisotopic (exact) mass is 196 g/mol. The predicted molar refractivity (Wildman–Crippen MR) is 54.0 cm³/mol. The van der Waals surface area contributed by atoms with Crippen LogP contribution in [-0.4, -0.2) is 40.7 Å². The number of nitrogens with two attached hydrogens (primary N) is 1. The minimum Gasteiger partial charge on any atom is -0.339 e. The molecule has 1 rings (SSSR count). The van der Waals surface area contributed by atoms with E-state index in [1.54, 1.807) is 29.7 Å². The molecule has 0 saturated heterocycles. The van der Waals surface area contributed by atoms with Crippen LogP contribution in [0, 0.1) is 6.92 Å². The Hall–Kier alpha value is -1.36. The van der Waals surface area contributed by atoms with Crippen molar-refractivity contribution in [2.75, 3.05) is 20.1 Å². The Morgan fingerprint density at radius 3 is 2.79 bits per heavy atom. The van der Waals surface area contributed by atoms with E-state index in [0.717, 1.165) is 5.69 Å². The largest absolute Gasteiger partial charge is 0.339 e. The van der Waals surface area contributed by atoms with Crippen LogP contribution >= 0.6 is 0 Å². The van der Waals surface area contributed by atoms with Crippen molar-refractivity contribution in [1.29, 1.82) is 0 Å². The highest BCUT2D eigenvalue weighted by atomic mass is 16.2. The lowest BCUT2D eigenvalue weighted by Gasteiger charge is -2.15. The van der Waals surface area contributed by atoms with Crippen molar-refractivity contribution in [1.82, 2.24) is 14.7 Å². The Bertz CT molecular complexity index is 332. The summed E-state index contributed by atoms with van der Waals surface area (Å²) in [7, 11) is 3.49. The Balaban J connectivity index is 2.83. The maximum Gasteiger partial charge on any atom is 0.271 e. The molecule has 1 aromatic heterocycles. The second-order valence-electron chi connectivity index (χ2n) is 3.31. The van der Waals surface area contributed by atoms with Gasteiger partial charge in [-0.05, 0) is 13.0 Å². The molecule has 0 aliphatic heterocycles. The van der Waals surface area contributed by atoms with Crippen LogP contribution in [0.3, 0.4) is 0 Å². The summed E-state index contributed by atoms with van der Waals surface area (Å²) in [6.45, 7) is 2.89. The minimum atomic E-state index is -0.0430. The quantitative estimate of drug-likeness (QED) is 0.725. The van der Waals surface area contributed by atoms with Gasteiger partial charge in [0.2, 0.25) is 0 Å². The van der Waals surface area contributed by atoms with Gasteiger partial charge in [-0.1, -0.05) is 0 Å². The number of carbonyl (C=O) groups excluding carboxylic acids is 1.